The van der Waals surface area contributed by atoms with Crippen LogP contribution in [0.25, 0.3) is 0 Å². The lowest BCUT2D eigenvalue weighted by Gasteiger charge is -2.59. The zero-order chi connectivity index (χ0) is 21.9. The van der Waals surface area contributed by atoms with Crippen LogP contribution in [0.5, 0.6) is 0 Å². The van der Waals surface area contributed by atoms with Crippen LogP contribution in [0, 0.1) is 28.6 Å². The van der Waals surface area contributed by atoms with Crippen LogP contribution in [0.4, 0.5) is 18.9 Å². The lowest BCUT2D eigenvalue weighted by atomic mass is 9.47. The number of anilines is 1. The molecule has 0 spiro atoms. The van der Waals surface area contributed by atoms with Gasteiger partial charge in [-0.15, -0.1) is 0 Å². The zero-order valence-electron chi connectivity index (χ0n) is 16.3. The van der Waals surface area contributed by atoms with E-state index in [4.69, 9.17) is 0 Å². The number of sulfonamides is 1. The van der Waals surface area contributed by atoms with Crippen molar-refractivity contribution >= 4 is 21.6 Å². The van der Waals surface area contributed by atoms with E-state index in [1.807, 2.05) is 0 Å². The van der Waals surface area contributed by atoms with Gasteiger partial charge in [0.1, 0.15) is 0 Å². The van der Waals surface area contributed by atoms with Crippen LogP contribution < -0.4 is 10.0 Å². The first-order chi connectivity index (χ1) is 13.8. The van der Waals surface area contributed by atoms with Crippen LogP contribution in [0.3, 0.4) is 0 Å². The molecule has 162 valence electrons. The Morgan fingerprint density at radius 2 is 1.83 bits per heavy atom. The summed E-state index contributed by atoms with van der Waals surface area (Å²) in [6, 6.07) is 4.79. The molecule has 1 amide bonds. The average molecular weight is 441 g/mol. The van der Waals surface area contributed by atoms with Gasteiger partial charge < -0.3 is 5.32 Å². The fourth-order valence-corrected chi connectivity index (χ4v) is 6.62. The number of carbonyl (C=O) groups excluding carboxylic acids is 1. The number of nitrogens with one attached hydrogen (secondary N) is 2. The van der Waals surface area contributed by atoms with Crippen molar-refractivity contribution in [3.63, 3.8) is 0 Å². The highest BCUT2D eigenvalue weighted by Gasteiger charge is 2.58. The number of benzene rings is 1. The van der Waals surface area contributed by atoms with Crippen molar-refractivity contribution in [2.24, 2.45) is 17.3 Å². The molecule has 4 bridgehead atoms. The summed E-state index contributed by atoms with van der Waals surface area (Å²) in [5, 5.41) is 12.6. The van der Waals surface area contributed by atoms with Gasteiger partial charge in [-0.05, 0) is 68.6 Å². The molecule has 0 aliphatic heterocycles. The number of alkyl halides is 3. The molecule has 5 rings (SSSR count). The molecule has 0 radical (unpaired) electrons. The van der Waals surface area contributed by atoms with E-state index >= 15 is 0 Å². The van der Waals surface area contributed by atoms with E-state index in [1.54, 1.807) is 0 Å². The van der Waals surface area contributed by atoms with E-state index in [0.717, 1.165) is 37.7 Å². The molecule has 3 unspecified atom stereocenters. The van der Waals surface area contributed by atoms with Gasteiger partial charge in [0.15, 0.2) is 0 Å². The fourth-order valence-electron chi connectivity index (χ4n) is 6.04. The predicted octanol–water partition coefficient (Wildman–Crippen LogP) is 3.67. The van der Waals surface area contributed by atoms with Crippen LogP contribution in [-0.4, -0.2) is 26.1 Å². The Morgan fingerprint density at radius 1 is 1.20 bits per heavy atom. The van der Waals surface area contributed by atoms with E-state index in [-0.39, 0.29) is 11.3 Å². The quantitative estimate of drug-likeness (QED) is 0.745. The molecule has 4 fully saturated rings. The molecule has 2 N–H and O–H groups in total. The maximum absolute atomic E-state index is 13.2. The second kappa shape index (κ2) is 6.61. The Hall–Kier alpha value is -2.28. The summed E-state index contributed by atoms with van der Waals surface area (Å²) in [5.74, 6) is -0.148. The Balaban J connectivity index is 1.68. The van der Waals surface area contributed by atoms with Crippen molar-refractivity contribution in [1.29, 1.82) is 5.26 Å². The van der Waals surface area contributed by atoms with Crippen LogP contribution in [-0.2, 0) is 16.2 Å². The molecule has 4 aliphatic rings. The van der Waals surface area contributed by atoms with E-state index in [0.29, 0.717) is 37.2 Å². The zero-order valence-corrected chi connectivity index (χ0v) is 17.2. The van der Waals surface area contributed by atoms with Crippen LogP contribution >= 0.6 is 0 Å². The fraction of sp³-hybridized carbons (Fsp3) is 0.600. The van der Waals surface area contributed by atoms with E-state index in [1.165, 1.54) is 0 Å². The van der Waals surface area contributed by atoms with E-state index in [2.05, 4.69) is 16.1 Å². The van der Waals surface area contributed by atoms with Crippen LogP contribution in [0.15, 0.2) is 18.2 Å². The van der Waals surface area contributed by atoms with Gasteiger partial charge in [-0.25, -0.2) is 8.42 Å². The molecule has 4 aliphatic carbocycles. The maximum atomic E-state index is 13.2. The summed E-state index contributed by atoms with van der Waals surface area (Å²) in [7, 11) is -3.80. The van der Waals surface area contributed by atoms with Crippen molar-refractivity contribution < 1.29 is 26.4 Å². The topological polar surface area (TPSA) is 99.1 Å². The second-order valence-corrected chi connectivity index (χ2v) is 11.0. The third-order valence-electron chi connectivity index (χ3n) is 6.56. The van der Waals surface area contributed by atoms with Crippen molar-refractivity contribution in [1.82, 2.24) is 5.32 Å². The number of hydrogen-bond acceptors (Lipinski definition) is 4. The van der Waals surface area contributed by atoms with Crippen LogP contribution in [0.1, 0.15) is 54.4 Å². The molecule has 0 saturated heterocycles. The predicted molar refractivity (Wildman–Crippen MR) is 103 cm³/mol. The van der Waals surface area contributed by atoms with Gasteiger partial charge in [-0.3, -0.25) is 9.52 Å². The van der Waals surface area contributed by atoms with Crippen LogP contribution in [0.2, 0.25) is 0 Å². The average Bonchev–Trinajstić information content (AvgIpc) is 2.58. The smallest absolute Gasteiger partial charge is 0.346 e. The number of amides is 1. The minimum Gasteiger partial charge on any atom is -0.346 e. The van der Waals surface area contributed by atoms with Crippen molar-refractivity contribution in [2.75, 3.05) is 11.0 Å². The van der Waals surface area contributed by atoms with Crippen molar-refractivity contribution in [3.05, 3.63) is 29.3 Å². The summed E-state index contributed by atoms with van der Waals surface area (Å²) in [6.45, 7) is 0. The molecule has 1 aromatic carbocycles. The molecule has 0 aromatic heterocycles. The third kappa shape index (κ3) is 3.87. The number of nitriles is 1. The number of carbonyl (C=O) groups is 1. The Labute approximate surface area is 172 Å². The van der Waals surface area contributed by atoms with E-state index < -0.39 is 38.6 Å². The van der Waals surface area contributed by atoms with Gasteiger partial charge in [-0.2, -0.15) is 18.4 Å². The van der Waals surface area contributed by atoms with Gasteiger partial charge in [0.2, 0.25) is 10.0 Å². The second-order valence-electron chi connectivity index (χ2n) is 9.22. The first kappa shape index (κ1) is 21.0. The van der Waals surface area contributed by atoms with Gasteiger partial charge in [-0.1, -0.05) is 0 Å². The molecule has 4 atom stereocenters. The molecular formula is C20H22F3N3O3S. The van der Waals surface area contributed by atoms with Crippen molar-refractivity contribution in [3.8, 4) is 6.07 Å². The lowest BCUT2D eigenvalue weighted by Crippen LogP contribution is -2.62. The highest BCUT2D eigenvalue weighted by Crippen LogP contribution is 2.61. The maximum Gasteiger partial charge on any atom is 0.416 e. The monoisotopic (exact) mass is 441 g/mol. The minimum absolute atomic E-state index is 0.206. The molecule has 1 aromatic rings. The summed E-state index contributed by atoms with van der Waals surface area (Å²) in [6.07, 6.45) is 0.629. The normalized spacial score (nSPS) is 32.5. The number of rotatable bonds is 4. The summed E-state index contributed by atoms with van der Waals surface area (Å²) < 4.78 is 65.0. The highest BCUT2D eigenvalue weighted by molar-refractivity contribution is 7.92. The van der Waals surface area contributed by atoms with Gasteiger partial charge in [0, 0.05) is 5.54 Å². The molecule has 0 heterocycles. The summed E-state index contributed by atoms with van der Waals surface area (Å²) >= 11 is 0. The van der Waals surface area contributed by atoms with Gasteiger partial charge in [0.05, 0.1) is 34.6 Å². The Kier molecular flexibility index (Phi) is 4.62. The lowest BCUT2D eigenvalue weighted by molar-refractivity contribution is -0.137. The van der Waals surface area contributed by atoms with Gasteiger partial charge >= 0.3 is 6.18 Å². The molecule has 6 nitrogen and oxygen atoms in total. The first-order valence-corrected chi connectivity index (χ1v) is 11.6. The number of hydrogen-bond donors (Lipinski definition) is 2. The minimum atomic E-state index is -4.68. The Bertz CT molecular complexity index is 1030. The van der Waals surface area contributed by atoms with Crippen molar-refractivity contribution in [2.45, 2.75) is 50.2 Å². The number of halogens is 3. The molecule has 4 saturated carbocycles. The highest BCUT2D eigenvalue weighted by atomic mass is 32.2. The standard InChI is InChI=1S/C20H22F3N3O3S/c1-30(28,29)26-16-3-2-14(20(21,22)23)5-15(16)17(27)25-19-8-12-4-13(9-19)7-18(6-12,10-19)11-24/h2-3,5,12-13,26H,4,6-10H2,1H3,(H,25,27)/t12-,13?,18?,19?/m1/s1. The molecule has 10 heteroatoms. The summed E-state index contributed by atoms with van der Waals surface area (Å²) in [4.78, 5) is 13.1. The van der Waals surface area contributed by atoms with Gasteiger partial charge in [0.25, 0.3) is 5.91 Å². The number of nitrogens with zero attached hydrogens (tertiary/aromatic N) is 1. The third-order valence-corrected chi connectivity index (χ3v) is 7.15. The summed E-state index contributed by atoms with van der Waals surface area (Å²) in [5.41, 5.74) is -2.77. The Morgan fingerprint density at radius 3 is 2.37 bits per heavy atom. The first-order valence-electron chi connectivity index (χ1n) is 9.75. The molecular weight excluding hydrogens is 419 g/mol. The largest absolute Gasteiger partial charge is 0.416 e. The SMILES string of the molecule is CS(=O)(=O)Nc1ccc(C(F)(F)F)cc1C(=O)NC12CC3C[C@H](CC(C#N)(C3)C1)C2. The van der Waals surface area contributed by atoms with E-state index in [9.17, 15) is 31.6 Å². The molecule has 30 heavy (non-hydrogen) atoms.